The molecule has 4 nitrogen and oxygen atoms in total. The minimum Gasteiger partial charge on any atom is -0.508 e. The topological polar surface area (TPSA) is 50.7 Å². The van der Waals surface area contributed by atoms with Crippen LogP contribution in [0.2, 0.25) is 0 Å². The fourth-order valence-corrected chi connectivity index (χ4v) is 1.78. The second-order valence-corrected chi connectivity index (χ2v) is 5.07. The quantitative estimate of drug-likeness (QED) is 0.711. The molecule has 0 spiro atoms. The summed E-state index contributed by atoms with van der Waals surface area (Å²) in [5.41, 5.74) is 0.836. The Morgan fingerprint density at radius 2 is 2.00 bits per heavy atom. The molecule has 0 aromatic heterocycles. The smallest absolute Gasteiger partial charge is 0.120 e. The normalized spacial score (nSPS) is 12.7. The van der Waals surface area contributed by atoms with E-state index in [2.05, 4.69) is 19.2 Å². The van der Waals surface area contributed by atoms with Crippen LogP contribution in [0, 0.1) is 5.92 Å². The van der Waals surface area contributed by atoms with E-state index in [4.69, 9.17) is 9.47 Å². The Kier molecular flexibility index (Phi) is 6.67. The summed E-state index contributed by atoms with van der Waals surface area (Å²) in [6.07, 6.45) is 0. The first-order valence-electron chi connectivity index (χ1n) is 6.72. The summed E-state index contributed by atoms with van der Waals surface area (Å²) >= 11 is 0. The molecule has 4 heteroatoms. The van der Waals surface area contributed by atoms with Gasteiger partial charge in [-0.25, -0.2) is 0 Å². The number of benzene rings is 1. The SMILES string of the molecule is COc1ccc(O)c(C(C)NCCOCC(C)C)c1. The van der Waals surface area contributed by atoms with Crippen molar-refractivity contribution in [3.8, 4) is 11.5 Å². The van der Waals surface area contributed by atoms with E-state index >= 15 is 0 Å². The van der Waals surface area contributed by atoms with Gasteiger partial charge in [-0.3, -0.25) is 0 Å². The predicted octanol–water partition coefficient (Wildman–Crippen LogP) is 2.72. The van der Waals surface area contributed by atoms with Crippen molar-refractivity contribution >= 4 is 0 Å². The van der Waals surface area contributed by atoms with Gasteiger partial charge in [0.1, 0.15) is 11.5 Å². The van der Waals surface area contributed by atoms with E-state index in [1.54, 1.807) is 19.2 Å². The van der Waals surface area contributed by atoms with Crippen molar-refractivity contribution in [2.45, 2.75) is 26.8 Å². The van der Waals surface area contributed by atoms with Crippen LogP contribution in [-0.2, 0) is 4.74 Å². The standard InChI is InChI=1S/C15H25NO3/c1-11(2)10-19-8-7-16-12(3)14-9-13(18-4)5-6-15(14)17/h5-6,9,11-12,16-17H,7-8,10H2,1-4H3. The zero-order valence-electron chi connectivity index (χ0n) is 12.3. The van der Waals surface area contributed by atoms with E-state index < -0.39 is 0 Å². The molecule has 0 aliphatic heterocycles. The van der Waals surface area contributed by atoms with E-state index in [1.807, 2.05) is 13.0 Å². The van der Waals surface area contributed by atoms with Gasteiger partial charge in [-0.05, 0) is 31.0 Å². The highest BCUT2D eigenvalue weighted by atomic mass is 16.5. The van der Waals surface area contributed by atoms with Gasteiger partial charge in [0, 0.05) is 24.8 Å². The Balaban J connectivity index is 2.42. The fourth-order valence-electron chi connectivity index (χ4n) is 1.78. The number of rotatable bonds is 8. The highest BCUT2D eigenvalue weighted by Crippen LogP contribution is 2.27. The van der Waals surface area contributed by atoms with Crippen LogP contribution in [0.4, 0.5) is 0 Å². The van der Waals surface area contributed by atoms with Crippen LogP contribution in [0.3, 0.4) is 0 Å². The average molecular weight is 267 g/mol. The summed E-state index contributed by atoms with van der Waals surface area (Å²) in [4.78, 5) is 0. The number of phenols is 1. The van der Waals surface area contributed by atoms with Crippen molar-refractivity contribution in [3.63, 3.8) is 0 Å². The summed E-state index contributed by atoms with van der Waals surface area (Å²) in [6.45, 7) is 8.48. The molecule has 2 N–H and O–H groups in total. The Morgan fingerprint density at radius 1 is 1.26 bits per heavy atom. The summed E-state index contributed by atoms with van der Waals surface area (Å²) < 4.78 is 10.7. The molecule has 0 aliphatic carbocycles. The Hall–Kier alpha value is -1.26. The lowest BCUT2D eigenvalue weighted by Gasteiger charge is -2.17. The summed E-state index contributed by atoms with van der Waals surface area (Å²) in [7, 11) is 1.62. The predicted molar refractivity (Wildman–Crippen MR) is 76.7 cm³/mol. The zero-order chi connectivity index (χ0) is 14.3. The molecule has 0 aliphatic rings. The first-order valence-corrected chi connectivity index (χ1v) is 6.72. The van der Waals surface area contributed by atoms with Crippen LogP contribution in [0.1, 0.15) is 32.4 Å². The third-order valence-corrected chi connectivity index (χ3v) is 2.85. The maximum atomic E-state index is 9.85. The van der Waals surface area contributed by atoms with Crippen molar-refractivity contribution in [1.29, 1.82) is 0 Å². The van der Waals surface area contributed by atoms with Gasteiger partial charge in [0.15, 0.2) is 0 Å². The maximum Gasteiger partial charge on any atom is 0.120 e. The number of hydrogen-bond donors (Lipinski definition) is 2. The maximum absolute atomic E-state index is 9.85. The van der Waals surface area contributed by atoms with Gasteiger partial charge >= 0.3 is 0 Å². The fraction of sp³-hybridized carbons (Fsp3) is 0.600. The van der Waals surface area contributed by atoms with Gasteiger partial charge in [-0.2, -0.15) is 0 Å². The molecule has 1 aromatic rings. The summed E-state index contributed by atoms with van der Waals surface area (Å²) in [5, 5.41) is 13.2. The van der Waals surface area contributed by atoms with Gasteiger partial charge in [0.25, 0.3) is 0 Å². The van der Waals surface area contributed by atoms with Gasteiger partial charge in [0.05, 0.1) is 13.7 Å². The van der Waals surface area contributed by atoms with Crippen LogP contribution in [0.25, 0.3) is 0 Å². The molecule has 1 atom stereocenters. The molecular weight excluding hydrogens is 242 g/mol. The molecule has 0 heterocycles. The molecule has 0 saturated heterocycles. The molecule has 1 aromatic carbocycles. The van der Waals surface area contributed by atoms with Gasteiger partial charge in [-0.1, -0.05) is 13.8 Å². The molecular formula is C15H25NO3. The second-order valence-electron chi connectivity index (χ2n) is 5.07. The molecule has 108 valence electrons. The molecule has 0 amide bonds. The highest BCUT2D eigenvalue weighted by Gasteiger charge is 2.10. The minimum atomic E-state index is 0.0535. The Morgan fingerprint density at radius 3 is 2.63 bits per heavy atom. The van der Waals surface area contributed by atoms with Crippen molar-refractivity contribution in [1.82, 2.24) is 5.32 Å². The van der Waals surface area contributed by atoms with Crippen LogP contribution < -0.4 is 10.1 Å². The van der Waals surface area contributed by atoms with Crippen LogP contribution in [-0.4, -0.2) is 32.0 Å². The van der Waals surface area contributed by atoms with E-state index in [1.165, 1.54) is 0 Å². The number of methoxy groups -OCH3 is 1. The third-order valence-electron chi connectivity index (χ3n) is 2.85. The molecule has 1 unspecified atom stereocenters. The second kappa shape index (κ2) is 8.02. The monoisotopic (exact) mass is 267 g/mol. The number of ether oxygens (including phenoxy) is 2. The molecule has 0 fully saturated rings. The molecule has 0 bridgehead atoms. The number of hydrogen-bond acceptors (Lipinski definition) is 4. The lowest BCUT2D eigenvalue weighted by molar-refractivity contribution is 0.110. The van der Waals surface area contributed by atoms with Gasteiger partial charge in [-0.15, -0.1) is 0 Å². The molecule has 0 radical (unpaired) electrons. The lowest BCUT2D eigenvalue weighted by Crippen LogP contribution is -2.24. The average Bonchev–Trinajstić information content (AvgIpc) is 2.38. The van der Waals surface area contributed by atoms with Crippen molar-refractivity contribution in [3.05, 3.63) is 23.8 Å². The first-order chi connectivity index (χ1) is 9.04. The summed E-state index contributed by atoms with van der Waals surface area (Å²) in [5.74, 6) is 1.58. The number of phenolic OH excluding ortho intramolecular Hbond substituents is 1. The van der Waals surface area contributed by atoms with Crippen molar-refractivity contribution < 1.29 is 14.6 Å². The third kappa shape index (κ3) is 5.49. The van der Waals surface area contributed by atoms with Gasteiger partial charge in [0.2, 0.25) is 0 Å². The molecule has 19 heavy (non-hydrogen) atoms. The molecule has 0 saturated carbocycles. The highest BCUT2D eigenvalue weighted by molar-refractivity contribution is 5.41. The Bertz CT molecular complexity index is 380. The van der Waals surface area contributed by atoms with Gasteiger partial charge < -0.3 is 19.9 Å². The molecule has 1 rings (SSSR count). The van der Waals surface area contributed by atoms with E-state index in [0.717, 1.165) is 24.5 Å². The van der Waals surface area contributed by atoms with Crippen molar-refractivity contribution in [2.75, 3.05) is 26.9 Å². The van der Waals surface area contributed by atoms with Crippen LogP contribution >= 0.6 is 0 Å². The first kappa shape index (κ1) is 15.8. The van der Waals surface area contributed by atoms with E-state index in [0.29, 0.717) is 12.5 Å². The number of aromatic hydroxyl groups is 1. The van der Waals surface area contributed by atoms with Crippen molar-refractivity contribution in [2.24, 2.45) is 5.92 Å². The minimum absolute atomic E-state index is 0.0535. The zero-order valence-corrected chi connectivity index (χ0v) is 12.3. The van der Waals surface area contributed by atoms with E-state index in [9.17, 15) is 5.11 Å². The summed E-state index contributed by atoms with van der Waals surface area (Å²) in [6, 6.07) is 5.30. The number of nitrogens with one attached hydrogen (secondary N) is 1. The lowest BCUT2D eigenvalue weighted by atomic mass is 10.1. The Labute approximate surface area is 115 Å². The largest absolute Gasteiger partial charge is 0.508 e. The van der Waals surface area contributed by atoms with Crippen LogP contribution in [0.5, 0.6) is 11.5 Å². The van der Waals surface area contributed by atoms with Crippen LogP contribution in [0.15, 0.2) is 18.2 Å². The van der Waals surface area contributed by atoms with E-state index in [-0.39, 0.29) is 11.8 Å².